The summed E-state index contributed by atoms with van der Waals surface area (Å²) in [5, 5.41) is 0. The molecule has 0 bridgehead atoms. The average molecular weight is 270 g/mol. The molecule has 1 atom stereocenters. The van der Waals surface area contributed by atoms with Crippen molar-refractivity contribution in [2.75, 3.05) is 18.2 Å². The third-order valence-electron chi connectivity index (χ3n) is 2.37. The summed E-state index contributed by atoms with van der Waals surface area (Å²) in [6.45, 7) is 8.60. The molecule has 0 aliphatic heterocycles. The molecule has 0 heterocycles. The summed E-state index contributed by atoms with van der Waals surface area (Å²) >= 11 is 5.59. The van der Waals surface area contributed by atoms with E-state index >= 15 is 0 Å². The Balaban J connectivity index is 3.97. The third-order valence-corrected chi connectivity index (χ3v) is 3.94. The molecule has 0 saturated heterocycles. The standard InChI is InChI=1S/C11H24ClNO2S/c1-10(5-7-12)9-13-16(14,15)8-6-11(2,3)4/h10,13H,5-9H2,1-4H3. The van der Waals surface area contributed by atoms with Crippen molar-refractivity contribution in [1.29, 1.82) is 0 Å². The van der Waals surface area contributed by atoms with Crippen LogP contribution in [0.5, 0.6) is 0 Å². The molecule has 0 spiro atoms. The summed E-state index contributed by atoms with van der Waals surface area (Å²) in [6, 6.07) is 0. The van der Waals surface area contributed by atoms with Gasteiger partial charge in [-0.1, -0.05) is 27.7 Å². The second-order valence-corrected chi connectivity index (χ2v) is 7.87. The van der Waals surface area contributed by atoms with Gasteiger partial charge >= 0.3 is 0 Å². The monoisotopic (exact) mass is 269 g/mol. The fourth-order valence-corrected chi connectivity index (χ4v) is 3.01. The van der Waals surface area contributed by atoms with E-state index in [1.54, 1.807) is 0 Å². The highest BCUT2D eigenvalue weighted by molar-refractivity contribution is 7.89. The lowest BCUT2D eigenvalue weighted by atomic mass is 9.94. The molecule has 98 valence electrons. The molecule has 0 aromatic rings. The molecule has 1 N–H and O–H groups in total. The first-order valence-corrected chi connectivity index (χ1v) is 7.88. The predicted octanol–water partition coefficient (Wildman–Crippen LogP) is 2.61. The molecule has 0 radical (unpaired) electrons. The Labute approximate surface area is 105 Å². The molecule has 0 aliphatic carbocycles. The third kappa shape index (κ3) is 9.43. The van der Waals surface area contributed by atoms with Crippen LogP contribution in [0.25, 0.3) is 0 Å². The largest absolute Gasteiger partial charge is 0.215 e. The molecule has 0 rings (SSSR count). The summed E-state index contributed by atoms with van der Waals surface area (Å²) < 4.78 is 25.9. The lowest BCUT2D eigenvalue weighted by Crippen LogP contribution is -2.31. The van der Waals surface area contributed by atoms with E-state index in [0.29, 0.717) is 24.8 Å². The summed E-state index contributed by atoms with van der Waals surface area (Å²) in [6.07, 6.45) is 1.51. The first-order valence-electron chi connectivity index (χ1n) is 5.69. The van der Waals surface area contributed by atoms with Crippen LogP contribution in [0.1, 0.15) is 40.5 Å². The van der Waals surface area contributed by atoms with Crippen molar-refractivity contribution >= 4 is 21.6 Å². The maximum Gasteiger partial charge on any atom is 0.211 e. The minimum Gasteiger partial charge on any atom is -0.215 e. The van der Waals surface area contributed by atoms with Gasteiger partial charge in [-0.3, -0.25) is 0 Å². The van der Waals surface area contributed by atoms with Crippen LogP contribution in [0.4, 0.5) is 0 Å². The van der Waals surface area contributed by atoms with Gasteiger partial charge in [-0.15, -0.1) is 11.6 Å². The zero-order valence-corrected chi connectivity index (χ0v) is 12.3. The number of rotatable bonds is 7. The van der Waals surface area contributed by atoms with E-state index in [4.69, 9.17) is 11.6 Å². The summed E-state index contributed by atoms with van der Waals surface area (Å²) in [4.78, 5) is 0. The average Bonchev–Trinajstić information content (AvgIpc) is 2.12. The summed E-state index contributed by atoms with van der Waals surface area (Å²) in [5.41, 5.74) is 0.0521. The highest BCUT2D eigenvalue weighted by Crippen LogP contribution is 2.18. The number of nitrogens with one attached hydrogen (secondary N) is 1. The van der Waals surface area contributed by atoms with Gasteiger partial charge in [0.05, 0.1) is 5.75 Å². The Morgan fingerprint density at radius 1 is 1.31 bits per heavy atom. The van der Waals surface area contributed by atoms with Crippen molar-refractivity contribution < 1.29 is 8.42 Å². The van der Waals surface area contributed by atoms with Gasteiger partial charge in [0.15, 0.2) is 0 Å². The lowest BCUT2D eigenvalue weighted by molar-refractivity contribution is 0.396. The zero-order chi connectivity index (χ0) is 12.8. The quantitative estimate of drug-likeness (QED) is 0.722. The molecular formula is C11H24ClNO2S. The van der Waals surface area contributed by atoms with Crippen molar-refractivity contribution in [3.8, 4) is 0 Å². The number of sulfonamides is 1. The van der Waals surface area contributed by atoms with Crippen LogP contribution in [-0.4, -0.2) is 26.6 Å². The smallest absolute Gasteiger partial charge is 0.211 e. The SMILES string of the molecule is CC(CCCl)CNS(=O)(=O)CCC(C)(C)C. The van der Waals surface area contributed by atoms with Crippen LogP contribution >= 0.6 is 11.6 Å². The number of alkyl halides is 1. The first kappa shape index (κ1) is 16.2. The van der Waals surface area contributed by atoms with Crippen LogP contribution in [0.15, 0.2) is 0 Å². The van der Waals surface area contributed by atoms with Crippen LogP contribution in [0.2, 0.25) is 0 Å². The van der Waals surface area contributed by atoms with E-state index < -0.39 is 10.0 Å². The van der Waals surface area contributed by atoms with Gasteiger partial charge in [0, 0.05) is 12.4 Å². The molecule has 0 aromatic heterocycles. The first-order chi connectivity index (χ1) is 7.16. The maximum absolute atomic E-state index is 11.6. The summed E-state index contributed by atoms with van der Waals surface area (Å²) in [7, 11) is -3.12. The Morgan fingerprint density at radius 2 is 1.88 bits per heavy atom. The minimum absolute atomic E-state index is 0.0521. The fraction of sp³-hybridized carbons (Fsp3) is 1.00. The van der Waals surface area contributed by atoms with Gasteiger partial charge in [-0.25, -0.2) is 13.1 Å². The predicted molar refractivity (Wildman–Crippen MR) is 70.4 cm³/mol. The number of hydrogen-bond acceptors (Lipinski definition) is 2. The molecule has 1 unspecified atom stereocenters. The van der Waals surface area contributed by atoms with Gasteiger partial charge in [0.25, 0.3) is 0 Å². The highest BCUT2D eigenvalue weighted by atomic mass is 35.5. The van der Waals surface area contributed by atoms with E-state index in [-0.39, 0.29) is 11.2 Å². The Bertz CT molecular complexity index is 283. The van der Waals surface area contributed by atoms with Crippen LogP contribution in [0.3, 0.4) is 0 Å². The van der Waals surface area contributed by atoms with Crippen molar-refractivity contribution in [1.82, 2.24) is 4.72 Å². The van der Waals surface area contributed by atoms with Crippen molar-refractivity contribution in [3.63, 3.8) is 0 Å². The number of hydrogen-bond donors (Lipinski definition) is 1. The molecule has 0 fully saturated rings. The molecular weight excluding hydrogens is 246 g/mol. The molecule has 0 amide bonds. The second-order valence-electron chi connectivity index (χ2n) is 5.56. The van der Waals surface area contributed by atoms with E-state index in [0.717, 1.165) is 6.42 Å². The van der Waals surface area contributed by atoms with Gasteiger partial charge in [-0.05, 0) is 24.2 Å². The lowest BCUT2D eigenvalue weighted by Gasteiger charge is -2.18. The van der Waals surface area contributed by atoms with Crippen molar-refractivity contribution in [2.45, 2.75) is 40.5 Å². The van der Waals surface area contributed by atoms with Gasteiger partial charge in [-0.2, -0.15) is 0 Å². The maximum atomic E-state index is 11.6. The Kier molecular flexibility index (Phi) is 6.90. The Morgan fingerprint density at radius 3 is 2.31 bits per heavy atom. The van der Waals surface area contributed by atoms with Crippen LogP contribution < -0.4 is 4.72 Å². The van der Waals surface area contributed by atoms with Gasteiger partial charge in [0.2, 0.25) is 10.0 Å². The van der Waals surface area contributed by atoms with E-state index in [1.807, 2.05) is 27.7 Å². The minimum atomic E-state index is -3.12. The molecule has 16 heavy (non-hydrogen) atoms. The van der Waals surface area contributed by atoms with Crippen molar-refractivity contribution in [2.24, 2.45) is 11.3 Å². The molecule has 3 nitrogen and oxygen atoms in total. The normalized spacial score (nSPS) is 15.1. The van der Waals surface area contributed by atoms with Gasteiger partial charge in [0.1, 0.15) is 0 Å². The van der Waals surface area contributed by atoms with Crippen LogP contribution in [0, 0.1) is 11.3 Å². The van der Waals surface area contributed by atoms with Crippen LogP contribution in [-0.2, 0) is 10.0 Å². The summed E-state index contributed by atoms with van der Waals surface area (Å²) in [5.74, 6) is 1.07. The van der Waals surface area contributed by atoms with Crippen molar-refractivity contribution in [3.05, 3.63) is 0 Å². The molecule has 0 saturated carbocycles. The molecule has 0 aromatic carbocycles. The topological polar surface area (TPSA) is 46.2 Å². The fourth-order valence-electron chi connectivity index (χ4n) is 1.07. The second kappa shape index (κ2) is 6.82. The van der Waals surface area contributed by atoms with E-state index in [1.165, 1.54) is 0 Å². The Hall–Kier alpha value is 0.200. The molecule has 0 aliphatic rings. The van der Waals surface area contributed by atoms with Gasteiger partial charge < -0.3 is 0 Å². The number of halogens is 1. The highest BCUT2D eigenvalue weighted by Gasteiger charge is 2.17. The van der Waals surface area contributed by atoms with E-state index in [9.17, 15) is 8.42 Å². The molecule has 5 heteroatoms. The van der Waals surface area contributed by atoms with E-state index in [2.05, 4.69) is 4.72 Å². The zero-order valence-electron chi connectivity index (χ0n) is 10.7.